The Morgan fingerprint density at radius 3 is 2.36 bits per heavy atom. The standard InChI is InChI=1S/C25H18N2O/c1-28-17-11-12-20-22(15-17)26-21-14-13-19-18-9-5-6-10-23(18)27(25(19)24(20)21)16-7-3-2-4-8-16/h2-15,26H,1H3. The van der Waals surface area contributed by atoms with E-state index in [2.05, 4.69) is 88.4 Å². The fraction of sp³-hybridized carbons (Fsp3) is 0.0400. The number of H-pyrrole nitrogens is 1. The molecule has 3 heteroatoms. The summed E-state index contributed by atoms with van der Waals surface area (Å²) in [6, 6.07) is 29.9. The van der Waals surface area contributed by atoms with Gasteiger partial charge in [0.1, 0.15) is 5.75 Å². The van der Waals surface area contributed by atoms with Gasteiger partial charge >= 0.3 is 0 Å². The normalized spacial score (nSPS) is 11.8. The van der Waals surface area contributed by atoms with Gasteiger partial charge in [-0.1, -0.05) is 42.5 Å². The van der Waals surface area contributed by atoms with E-state index in [9.17, 15) is 0 Å². The predicted molar refractivity (Wildman–Crippen MR) is 117 cm³/mol. The molecule has 0 amide bonds. The molecular weight excluding hydrogens is 344 g/mol. The molecule has 0 bridgehead atoms. The number of para-hydroxylation sites is 2. The summed E-state index contributed by atoms with van der Waals surface area (Å²) < 4.78 is 7.80. The second kappa shape index (κ2) is 5.64. The van der Waals surface area contributed by atoms with Crippen LogP contribution in [0.5, 0.6) is 5.75 Å². The molecule has 3 nitrogen and oxygen atoms in total. The van der Waals surface area contributed by atoms with Crippen LogP contribution in [0.3, 0.4) is 0 Å². The molecule has 0 unspecified atom stereocenters. The third-order valence-corrected chi connectivity index (χ3v) is 5.62. The second-order valence-corrected chi connectivity index (χ2v) is 7.11. The topological polar surface area (TPSA) is 29.9 Å². The smallest absolute Gasteiger partial charge is 0.120 e. The molecule has 0 saturated carbocycles. The van der Waals surface area contributed by atoms with Crippen LogP contribution in [0.15, 0.2) is 84.9 Å². The number of nitrogens with zero attached hydrogens (tertiary/aromatic N) is 1. The molecule has 6 aromatic rings. The van der Waals surface area contributed by atoms with E-state index in [0.29, 0.717) is 0 Å². The number of aromatic nitrogens is 2. The van der Waals surface area contributed by atoms with Gasteiger partial charge in [-0.3, -0.25) is 0 Å². The lowest BCUT2D eigenvalue weighted by molar-refractivity contribution is 0.415. The maximum atomic E-state index is 5.42. The van der Waals surface area contributed by atoms with E-state index in [1.165, 1.54) is 38.3 Å². The van der Waals surface area contributed by atoms with Gasteiger partial charge < -0.3 is 14.3 Å². The molecule has 0 aliphatic heterocycles. The van der Waals surface area contributed by atoms with Crippen molar-refractivity contribution >= 4 is 43.6 Å². The van der Waals surface area contributed by atoms with Gasteiger partial charge in [0.25, 0.3) is 0 Å². The number of methoxy groups -OCH3 is 1. The van der Waals surface area contributed by atoms with Crippen molar-refractivity contribution in [1.29, 1.82) is 0 Å². The third kappa shape index (κ3) is 1.99. The van der Waals surface area contributed by atoms with Crippen LogP contribution in [0, 0.1) is 0 Å². The first-order valence-electron chi connectivity index (χ1n) is 9.42. The average molecular weight is 362 g/mol. The second-order valence-electron chi connectivity index (χ2n) is 7.11. The Labute approximate surface area is 161 Å². The zero-order valence-corrected chi connectivity index (χ0v) is 15.4. The number of ether oxygens (including phenoxy) is 1. The van der Waals surface area contributed by atoms with E-state index in [-0.39, 0.29) is 0 Å². The molecule has 134 valence electrons. The van der Waals surface area contributed by atoms with Gasteiger partial charge in [-0.15, -0.1) is 0 Å². The predicted octanol–water partition coefficient (Wildman–Crippen LogP) is 6.43. The SMILES string of the molecule is COc1ccc2c(c1)[nH]c1ccc3c4ccccc4n(-c4ccccc4)c3c12. The minimum absolute atomic E-state index is 0.860. The Morgan fingerprint density at radius 2 is 1.50 bits per heavy atom. The molecule has 28 heavy (non-hydrogen) atoms. The van der Waals surface area contributed by atoms with Gasteiger partial charge in [0.05, 0.1) is 23.7 Å². The minimum Gasteiger partial charge on any atom is -0.497 e. The van der Waals surface area contributed by atoms with Crippen LogP contribution in [0.1, 0.15) is 0 Å². The number of benzene rings is 4. The summed E-state index contributed by atoms with van der Waals surface area (Å²) >= 11 is 0. The van der Waals surface area contributed by atoms with E-state index < -0.39 is 0 Å². The molecule has 1 N–H and O–H groups in total. The summed E-state index contributed by atoms with van der Waals surface area (Å²) in [6.07, 6.45) is 0. The van der Waals surface area contributed by atoms with Gasteiger partial charge in [0.2, 0.25) is 0 Å². The average Bonchev–Trinajstić information content (AvgIpc) is 3.29. The third-order valence-electron chi connectivity index (χ3n) is 5.62. The number of hydrogen-bond donors (Lipinski definition) is 1. The van der Waals surface area contributed by atoms with Crippen molar-refractivity contribution in [2.45, 2.75) is 0 Å². The Bertz CT molecular complexity index is 1490. The van der Waals surface area contributed by atoms with Crippen molar-refractivity contribution < 1.29 is 4.74 Å². The van der Waals surface area contributed by atoms with Gasteiger partial charge in [-0.05, 0) is 36.4 Å². The monoisotopic (exact) mass is 362 g/mol. The molecule has 0 fully saturated rings. The highest BCUT2D eigenvalue weighted by Gasteiger charge is 2.17. The number of hydrogen-bond acceptors (Lipinski definition) is 1. The summed E-state index contributed by atoms with van der Waals surface area (Å²) in [4.78, 5) is 3.57. The maximum Gasteiger partial charge on any atom is 0.120 e. The number of nitrogens with one attached hydrogen (secondary N) is 1. The summed E-state index contributed by atoms with van der Waals surface area (Å²) in [5.74, 6) is 0.860. The summed E-state index contributed by atoms with van der Waals surface area (Å²) in [6.45, 7) is 0. The van der Waals surface area contributed by atoms with Gasteiger partial charge in [-0.25, -0.2) is 0 Å². The van der Waals surface area contributed by atoms with Gasteiger partial charge in [-0.2, -0.15) is 0 Å². The Morgan fingerprint density at radius 1 is 0.714 bits per heavy atom. The lowest BCUT2D eigenvalue weighted by Crippen LogP contribution is -1.93. The quantitative estimate of drug-likeness (QED) is 0.378. The van der Waals surface area contributed by atoms with Crippen molar-refractivity contribution in [1.82, 2.24) is 9.55 Å². The van der Waals surface area contributed by atoms with Crippen LogP contribution in [0.25, 0.3) is 49.3 Å². The van der Waals surface area contributed by atoms with E-state index in [1.807, 2.05) is 6.07 Å². The van der Waals surface area contributed by atoms with Crippen molar-refractivity contribution in [3.05, 3.63) is 84.9 Å². The molecule has 4 aromatic carbocycles. The molecule has 0 saturated heterocycles. The molecule has 0 spiro atoms. The lowest BCUT2D eigenvalue weighted by Gasteiger charge is -2.08. The molecule has 6 rings (SSSR count). The number of aromatic amines is 1. The van der Waals surface area contributed by atoms with Crippen LogP contribution in [0.2, 0.25) is 0 Å². The summed E-state index contributed by atoms with van der Waals surface area (Å²) in [5, 5.41) is 4.99. The Balaban J connectivity index is 1.88. The first-order valence-corrected chi connectivity index (χ1v) is 9.42. The highest BCUT2D eigenvalue weighted by molar-refractivity contribution is 6.25. The highest BCUT2D eigenvalue weighted by Crippen LogP contribution is 2.39. The Hall–Kier alpha value is -3.72. The molecule has 0 aliphatic carbocycles. The first-order chi connectivity index (χ1) is 13.8. The molecule has 0 atom stereocenters. The fourth-order valence-electron chi connectivity index (χ4n) is 4.40. The van der Waals surface area contributed by atoms with Crippen LogP contribution in [-0.2, 0) is 0 Å². The van der Waals surface area contributed by atoms with Gasteiger partial charge in [0, 0.05) is 38.8 Å². The van der Waals surface area contributed by atoms with Crippen molar-refractivity contribution in [3.8, 4) is 11.4 Å². The number of rotatable bonds is 2. The van der Waals surface area contributed by atoms with E-state index in [4.69, 9.17) is 4.74 Å². The number of fused-ring (bicyclic) bond motifs is 7. The largest absolute Gasteiger partial charge is 0.497 e. The van der Waals surface area contributed by atoms with Crippen molar-refractivity contribution in [2.24, 2.45) is 0 Å². The maximum absolute atomic E-state index is 5.42. The lowest BCUT2D eigenvalue weighted by atomic mass is 10.1. The molecule has 0 aliphatic rings. The van der Waals surface area contributed by atoms with Crippen molar-refractivity contribution in [3.63, 3.8) is 0 Å². The molecule has 2 aromatic heterocycles. The molecule has 0 radical (unpaired) electrons. The van der Waals surface area contributed by atoms with Crippen LogP contribution in [0.4, 0.5) is 0 Å². The zero-order chi connectivity index (χ0) is 18.7. The summed E-state index contributed by atoms with van der Waals surface area (Å²) in [7, 11) is 1.70. The molecule has 2 heterocycles. The fourth-order valence-corrected chi connectivity index (χ4v) is 4.40. The molecular formula is C25H18N2O. The highest BCUT2D eigenvalue weighted by atomic mass is 16.5. The Kier molecular flexibility index (Phi) is 3.09. The summed E-state index contributed by atoms with van der Waals surface area (Å²) in [5.41, 5.74) is 5.85. The first kappa shape index (κ1) is 15.3. The van der Waals surface area contributed by atoms with E-state index in [0.717, 1.165) is 16.8 Å². The van der Waals surface area contributed by atoms with Crippen LogP contribution < -0.4 is 4.74 Å². The van der Waals surface area contributed by atoms with Gasteiger partial charge in [0.15, 0.2) is 0 Å². The van der Waals surface area contributed by atoms with E-state index in [1.54, 1.807) is 7.11 Å². The van der Waals surface area contributed by atoms with E-state index >= 15 is 0 Å². The van der Waals surface area contributed by atoms with Crippen molar-refractivity contribution in [2.75, 3.05) is 7.11 Å². The van der Waals surface area contributed by atoms with Crippen LogP contribution >= 0.6 is 0 Å². The minimum atomic E-state index is 0.860. The van der Waals surface area contributed by atoms with Crippen LogP contribution in [-0.4, -0.2) is 16.7 Å². The zero-order valence-electron chi connectivity index (χ0n) is 15.4.